The van der Waals surface area contributed by atoms with Gasteiger partial charge in [0.1, 0.15) is 11.3 Å². The van der Waals surface area contributed by atoms with Gasteiger partial charge in [0.05, 0.1) is 13.5 Å². The second-order valence-electron chi connectivity index (χ2n) is 7.02. The number of rotatable bonds is 7. The van der Waals surface area contributed by atoms with E-state index in [1.807, 2.05) is 50.2 Å². The Labute approximate surface area is 148 Å². The molecule has 3 N–H and O–H groups in total. The first-order chi connectivity index (χ1) is 11.7. The number of hydrogen-bond donors (Lipinski definition) is 2. The van der Waals surface area contributed by atoms with Gasteiger partial charge in [0.15, 0.2) is 0 Å². The zero-order valence-electron chi connectivity index (χ0n) is 15.3. The molecule has 0 heterocycles. The summed E-state index contributed by atoms with van der Waals surface area (Å²) in [4.78, 5) is 24.4. The lowest BCUT2D eigenvalue weighted by Gasteiger charge is -2.29. The van der Waals surface area contributed by atoms with Crippen molar-refractivity contribution >= 4 is 22.6 Å². The van der Waals surface area contributed by atoms with Crippen LogP contribution in [0.25, 0.3) is 10.8 Å². The minimum Gasteiger partial charge on any atom is -0.497 e. The monoisotopic (exact) mass is 342 g/mol. The maximum atomic E-state index is 12.6. The average molecular weight is 342 g/mol. The van der Waals surface area contributed by atoms with E-state index >= 15 is 0 Å². The molecule has 0 radical (unpaired) electrons. The lowest BCUT2D eigenvalue weighted by molar-refractivity contribution is -0.131. The molecule has 134 valence electrons. The number of amides is 2. The highest BCUT2D eigenvalue weighted by Gasteiger charge is 2.33. The van der Waals surface area contributed by atoms with Crippen LogP contribution in [-0.2, 0) is 16.0 Å². The van der Waals surface area contributed by atoms with Crippen molar-refractivity contribution in [2.24, 2.45) is 11.7 Å². The van der Waals surface area contributed by atoms with Gasteiger partial charge in [-0.15, -0.1) is 0 Å². The van der Waals surface area contributed by atoms with Gasteiger partial charge < -0.3 is 15.8 Å². The summed E-state index contributed by atoms with van der Waals surface area (Å²) in [7, 11) is 1.61. The third-order valence-corrected chi connectivity index (χ3v) is 4.31. The van der Waals surface area contributed by atoms with Crippen LogP contribution >= 0.6 is 0 Å². The Kier molecular flexibility index (Phi) is 5.67. The molecule has 5 heteroatoms. The van der Waals surface area contributed by atoms with E-state index in [0.717, 1.165) is 22.1 Å². The fourth-order valence-corrected chi connectivity index (χ4v) is 3.15. The van der Waals surface area contributed by atoms with E-state index in [1.165, 1.54) is 0 Å². The first-order valence-electron chi connectivity index (χ1n) is 8.41. The molecule has 0 saturated carbocycles. The lowest BCUT2D eigenvalue weighted by atomic mass is 9.89. The van der Waals surface area contributed by atoms with Gasteiger partial charge in [-0.05, 0) is 47.7 Å². The molecular formula is C20H26N2O3. The third-order valence-electron chi connectivity index (χ3n) is 4.31. The summed E-state index contributed by atoms with van der Waals surface area (Å²) in [6, 6.07) is 11.6. The Morgan fingerprint density at radius 1 is 1.24 bits per heavy atom. The molecule has 0 aliphatic carbocycles. The molecule has 0 aromatic heterocycles. The van der Waals surface area contributed by atoms with Crippen LogP contribution < -0.4 is 15.8 Å². The molecule has 2 amide bonds. The fraction of sp³-hybridized carbons (Fsp3) is 0.400. The maximum absolute atomic E-state index is 12.6. The third kappa shape index (κ3) is 4.50. The number of benzene rings is 2. The van der Waals surface area contributed by atoms with E-state index in [9.17, 15) is 9.59 Å². The molecule has 0 unspecified atom stereocenters. The SMILES string of the molecule is COc1ccc2cccc(CC(=O)N[C@](C)(CC(C)C)C(N)=O)c2c1. The van der Waals surface area contributed by atoms with Gasteiger partial charge in [-0.3, -0.25) is 9.59 Å². The molecule has 0 aliphatic heterocycles. The highest BCUT2D eigenvalue weighted by molar-refractivity contribution is 5.94. The van der Waals surface area contributed by atoms with Crippen LogP contribution in [0.15, 0.2) is 36.4 Å². The molecule has 2 aromatic rings. The van der Waals surface area contributed by atoms with Crippen molar-refractivity contribution in [3.63, 3.8) is 0 Å². The molecule has 0 saturated heterocycles. The zero-order valence-corrected chi connectivity index (χ0v) is 15.3. The Morgan fingerprint density at radius 3 is 2.56 bits per heavy atom. The van der Waals surface area contributed by atoms with Crippen LogP contribution in [0.5, 0.6) is 5.75 Å². The van der Waals surface area contributed by atoms with Gasteiger partial charge in [0, 0.05) is 0 Å². The average Bonchev–Trinajstić information content (AvgIpc) is 2.53. The molecule has 2 rings (SSSR count). The van der Waals surface area contributed by atoms with Crippen LogP contribution in [0.2, 0.25) is 0 Å². The van der Waals surface area contributed by atoms with E-state index in [2.05, 4.69) is 5.32 Å². The second kappa shape index (κ2) is 7.55. The quantitative estimate of drug-likeness (QED) is 0.812. The van der Waals surface area contributed by atoms with E-state index in [-0.39, 0.29) is 18.2 Å². The van der Waals surface area contributed by atoms with Crippen molar-refractivity contribution in [3.8, 4) is 5.75 Å². The van der Waals surface area contributed by atoms with Gasteiger partial charge in [0.25, 0.3) is 0 Å². The van der Waals surface area contributed by atoms with E-state index in [4.69, 9.17) is 10.5 Å². The molecular weight excluding hydrogens is 316 g/mol. The number of nitrogens with two attached hydrogens (primary N) is 1. The van der Waals surface area contributed by atoms with Gasteiger partial charge >= 0.3 is 0 Å². The number of ether oxygens (including phenoxy) is 1. The van der Waals surface area contributed by atoms with Gasteiger partial charge in [0.2, 0.25) is 11.8 Å². The van der Waals surface area contributed by atoms with Crippen molar-refractivity contribution in [1.29, 1.82) is 0 Å². The van der Waals surface area contributed by atoms with Crippen LogP contribution in [0.3, 0.4) is 0 Å². The summed E-state index contributed by atoms with van der Waals surface area (Å²) in [5.74, 6) is 0.230. The minimum atomic E-state index is -1.05. The van der Waals surface area contributed by atoms with E-state index < -0.39 is 11.4 Å². The summed E-state index contributed by atoms with van der Waals surface area (Å²) in [5, 5.41) is 4.81. The van der Waals surface area contributed by atoms with Crippen molar-refractivity contribution < 1.29 is 14.3 Å². The number of primary amides is 1. The smallest absolute Gasteiger partial charge is 0.242 e. The Morgan fingerprint density at radius 2 is 1.96 bits per heavy atom. The molecule has 0 bridgehead atoms. The van der Waals surface area contributed by atoms with Gasteiger partial charge in [-0.1, -0.05) is 38.1 Å². The largest absolute Gasteiger partial charge is 0.497 e. The van der Waals surface area contributed by atoms with Gasteiger partial charge in [-0.25, -0.2) is 0 Å². The first kappa shape index (κ1) is 18.8. The number of hydrogen-bond acceptors (Lipinski definition) is 3. The highest BCUT2D eigenvalue weighted by atomic mass is 16.5. The summed E-state index contributed by atoms with van der Waals surface area (Å²) in [5.41, 5.74) is 5.35. The van der Waals surface area contributed by atoms with Crippen LogP contribution in [0, 0.1) is 5.92 Å². The van der Waals surface area contributed by atoms with Crippen molar-refractivity contribution in [1.82, 2.24) is 5.32 Å². The number of fused-ring (bicyclic) bond motifs is 1. The molecule has 0 spiro atoms. The molecule has 1 atom stereocenters. The van der Waals surface area contributed by atoms with E-state index in [1.54, 1.807) is 14.0 Å². The number of carbonyl (C=O) groups excluding carboxylic acids is 2. The first-order valence-corrected chi connectivity index (χ1v) is 8.41. The number of methoxy groups -OCH3 is 1. The molecule has 0 aliphatic rings. The number of nitrogens with one attached hydrogen (secondary N) is 1. The predicted molar refractivity (Wildman–Crippen MR) is 99.4 cm³/mol. The lowest BCUT2D eigenvalue weighted by Crippen LogP contribution is -2.56. The fourth-order valence-electron chi connectivity index (χ4n) is 3.15. The predicted octanol–water partition coefficient (Wildman–Crippen LogP) is 2.80. The van der Waals surface area contributed by atoms with Gasteiger partial charge in [-0.2, -0.15) is 0 Å². The Hall–Kier alpha value is -2.56. The molecule has 0 fully saturated rings. The van der Waals surface area contributed by atoms with Crippen LogP contribution in [-0.4, -0.2) is 24.5 Å². The van der Waals surface area contributed by atoms with Crippen LogP contribution in [0.4, 0.5) is 0 Å². The Bertz CT molecular complexity index is 786. The summed E-state index contributed by atoms with van der Waals surface area (Å²) in [6.45, 7) is 5.66. The maximum Gasteiger partial charge on any atom is 0.242 e. The molecule has 5 nitrogen and oxygen atoms in total. The topological polar surface area (TPSA) is 81.4 Å². The van der Waals surface area contributed by atoms with Crippen molar-refractivity contribution in [2.45, 2.75) is 39.2 Å². The van der Waals surface area contributed by atoms with Crippen molar-refractivity contribution in [3.05, 3.63) is 42.0 Å². The minimum absolute atomic E-state index is 0.172. The van der Waals surface area contributed by atoms with Crippen molar-refractivity contribution in [2.75, 3.05) is 7.11 Å². The Balaban J connectivity index is 2.25. The summed E-state index contributed by atoms with van der Waals surface area (Å²) < 4.78 is 5.28. The summed E-state index contributed by atoms with van der Waals surface area (Å²) in [6.07, 6.45) is 0.670. The zero-order chi connectivity index (χ0) is 18.6. The summed E-state index contributed by atoms with van der Waals surface area (Å²) >= 11 is 0. The normalized spacial score (nSPS) is 13.5. The number of carbonyl (C=O) groups is 2. The molecule has 25 heavy (non-hydrogen) atoms. The molecule has 2 aromatic carbocycles. The van der Waals surface area contributed by atoms with E-state index in [0.29, 0.717) is 6.42 Å². The van der Waals surface area contributed by atoms with Crippen LogP contribution in [0.1, 0.15) is 32.8 Å². The highest BCUT2D eigenvalue weighted by Crippen LogP contribution is 2.25. The second-order valence-corrected chi connectivity index (χ2v) is 7.02. The standard InChI is InChI=1S/C20H26N2O3/c1-13(2)12-20(3,19(21)24)22-18(23)10-15-7-5-6-14-8-9-16(25-4)11-17(14)15/h5-9,11,13H,10,12H2,1-4H3,(H2,21,24)(H,22,23)/t20-/m1/s1.